The SMILES string of the molecule is Brc1ccoc1CNc1cccc(Cn2cccn2)c1. The third kappa shape index (κ3) is 3.11. The molecule has 0 spiro atoms. The van der Waals surface area contributed by atoms with Crippen molar-refractivity contribution in [3.8, 4) is 0 Å². The summed E-state index contributed by atoms with van der Waals surface area (Å²) in [5.74, 6) is 0.891. The third-order valence-electron chi connectivity index (χ3n) is 2.97. The van der Waals surface area contributed by atoms with Gasteiger partial charge in [-0.05, 0) is 45.8 Å². The van der Waals surface area contributed by atoms with Crippen LogP contribution in [0.5, 0.6) is 0 Å². The molecule has 0 amide bonds. The predicted octanol–water partition coefficient (Wildman–Crippen LogP) is 3.90. The molecular formula is C15H14BrN3O. The number of nitrogens with zero attached hydrogens (tertiary/aromatic N) is 2. The lowest BCUT2D eigenvalue weighted by atomic mass is 10.2. The predicted molar refractivity (Wildman–Crippen MR) is 81.5 cm³/mol. The zero-order chi connectivity index (χ0) is 13.8. The maximum absolute atomic E-state index is 5.38. The Bertz CT molecular complexity index is 676. The molecule has 3 aromatic rings. The van der Waals surface area contributed by atoms with Gasteiger partial charge in [0.1, 0.15) is 5.76 Å². The minimum Gasteiger partial charge on any atom is -0.466 e. The minimum absolute atomic E-state index is 0.652. The first-order valence-electron chi connectivity index (χ1n) is 6.33. The van der Waals surface area contributed by atoms with E-state index in [1.165, 1.54) is 5.56 Å². The molecule has 0 saturated carbocycles. The summed E-state index contributed by atoms with van der Waals surface area (Å²) >= 11 is 3.45. The van der Waals surface area contributed by atoms with E-state index in [4.69, 9.17) is 4.42 Å². The highest BCUT2D eigenvalue weighted by molar-refractivity contribution is 9.10. The second-order valence-electron chi connectivity index (χ2n) is 4.45. The van der Waals surface area contributed by atoms with Crippen molar-refractivity contribution in [3.63, 3.8) is 0 Å². The molecule has 0 aliphatic heterocycles. The maximum Gasteiger partial charge on any atom is 0.136 e. The zero-order valence-corrected chi connectivity index (χ0v) is 12.4. The van der Waals surface area contributed by atoms with Gasteiger partial charge in [-0.15, -0.1) is 0 Å². The number of anilines is 1. The number of benzene rings is 1. The highest BCUT2D eigenvalue weighted by Gasteiger charge is 2.03. The van der Waals surface area contributed by atoms with E-state index in [9.17, 15) is 0 Å². The van der Waals surface area contributed by atoms with Gasteiger partial charge in [-0.25, -0.2) is 0 Å². The topological polar surface area (TPSA) is 43.0 Å². The molecule has 4 nitrogen and oxygen atoms in total. The molecule has 0 atom stereocenters. The fourth-order valence-corrected chi connectivity index (χ4v) is 2.34. The molecule has 0 aliphatic rings. The molecule has 1 N–H and O–H groups in total. The minimum atomic E-state index is 0.652. The van der Waals surface area contributed by atoms with Crippen molar-refractivity contribution in [1.82, 2.24) is 9.78 Å². The average molecular weight is 332 g/mol. The number of nitrogens with one attached hydrogen (secondary N) is 1. The lowest BCUT2D eigenvalue weighted by Gasteiger charge is -2.08. The van der Waals surface area contributed by atoms with Gasteiger partial charge < -0.3 is 9.73 Å². The van der Waals surface area contributed by atoms with Gasteiger partial charge in [0.05, 0.1) is 23.8 Å². The van der Waals surface area contributed by atoms with Gasteiger partial charge in [-0.2, -0.15) is 5.10 Å². The van der Waals surface area contributed by atoms with Crippen LogP contribution in [-0.2, 0) is 13.1 Å². The van der Waals surface area contributed by atoms with Crippen molar-refractivity contribution < 1.29 is 4.42 Å². The number of hydrogen-bond donors (Lipinski definition) is 1. The average Bonchev–Trinajstić information content (AvgIpc) is 3.09. The zero-order valence-electron chi connectivity index (χ0n) is 10.8. The molecule has 20 heavy (non-hydrogen) atoms. The van der Waals surface area contributed by atoms with Gasteiger partial charge in [0.2, 0.25) is 0 Å². The summed E-state index contributed by atoms with van der Waals surface area (Å²) in [5.41, 5.74) is 2.27. The third-order valence-corrected chi connectivity index (χ3v) is 3.68. The number of halogens is 1. The monoisotopic (exact) mass is 331 g/mol. The molecular weight excluding hydrogens is 318 g/mol. The molecule has 0 radical (unpaired) electrons. The lowest BCUT2D eigenvalue weighted by Crippen LogP contribution is -2.02. The fourth-order valence-electron chi connectivity index (χ4n) is 1.99. The summed E-state index contributed by atoms with van der Waals surface area (Å²) in [6.07, 6.45) is 5.42. The van der Waals surface area contributed by atoms with Gasteiger partial charge in [-0.3, -0.25) is 4.68 Å². The highest BCUT2D eigenvalue weighted by Crippen LogP contribution is 2.19. The first kappa shape index (κ1) is 13.0. The molecule has 2 aromatic heterocycles. The summed E-state index contributed by atoms with van der Waals surface area (Å²) in [4.78, 5) is 0. The van der Waals surface area contributed by atoms with Gasteiger partial charge in [0, 0.05) is 18.1 Å². The second kappa shape index (κ2) is 5.96. The maximum atomic E-state index is 5.38. The molecule has 0 unspecified atom stereocenters. The highest BCUT2D eigenvalue weighted by atomic mass is 79.9. The van der Waals surface area contributed by atoms with E-state index in [1.807, 2.05) is 35.1 Å². The fraction of sp³-hybridized carbons (Fsp3) is 0.133. The van der Waals surface area contributed by atoms with Crippen LogP contribution in [0.15, 0.2) is 63.9 Å². The Balaban J connectivity index is 1.67. The molecule has 1 aromatic carbocycles. The smallest absolute Gasteiger partial charge is 0.136 e. The summed E-state index contributed by atoms with van der Waals surface area (Å²) in [6, 6.07) is 12.1. The molecule has 0 fully saturated rings. The van der Waals surface area contributed by atoms with Crippen molar-refractivity contribution in [2.24, 2.45) is 0 Å². The summed E-state index contributed by atoms with van der Waals surface area (Å²) in [5, 5.41) is 7.57. The Morgan fingerprint density at radius 3 is 2.95 bits per heavy atom. The van der Waals surface area contributed by atoms with Crippen molar-refractivity contribution >= 4 is 21.6 Å². The molecule has 0 saturated heterocycles. The molecule has 3 rings (SSSR count). The molecule has 2 heterocycles. The number of furan rings is 1. The molecule has 0 bridgehead atoms. The van der Waals surface area contributed by atoms with Crippen LogP contribution in [0.1, 0.15) is 11.3 Å². The summed E-state index contributed by atoms with van der Waals surface area (Å²) in [6.45, 7) is 1.42. The van der Waals surface area contributed by atoms with Crippen LogP contribution in [0.4, 0.5) is 5.69 Å². The first-order valence-corrected chi connectivity index (χ1v) is 7.13. The number of aromatic nitrogens is 2. The Labute approximate surface area is 125 Å². The van der Waals surface area contributed by atoms with Crippen molar-refractivity contribution in [1.29, 1.82) is 0 Å². The Morgan fingerprint density at radius 1 is 1.25 bits per heavy atom. The Hall–Kier alpha value is -2.01. The summed E-state index contributed by atoms with van der Waals surface area (Å²) in [7, 11) is 0. The van der Waals surface area contributed by atoms with Crippen molar-refractivity contribution in [2.75, 3.05) is 5.32 Å². The molecule has 102 valence electrons. The van der Waals surface area contributed by atoms with Crippen LogP contribution < -0.4 is 5.32 Å². The molecule has 0 aliphatic carbocycles. The molecule has 5 heteroatoms. The number of rotatable bonds is 5. The van der Waals surface area contributed by atoms with E-state index >= 15 is 0 Å². The van der Waals surface area contributed by atoms with Crippen LogP contribution in [0, 0.1) is 0 Å². The van der Waals surface area contributed by atoms with E-state index < -0.39 is 0 Å². The second-order valence-corrected chi connectivity index (χ2v) is 5.30. The van der Waals surface area contributed by atoms with Gasteiger partial charge in [0.15, 0.2) is 0 Å². The van der Waals surface area contributed by atoms with Gasteiger partial charge in [0.25, 0.3) is 0 Å². The van der Waals surface area contributed by atoms with Crippen LogP contribution >= 0.6 is 15.9 Å². The normalized spacial score (nSPS) is 10.7. The van der Waals surface area contributed by atoms with Crippen LogP contribution in [0.2, 0.25) is 0 Å². The largest absolute Gasteiger partial charge is 0.466 e. The van der Waals surface area contributed by atoms with Crippen LogP contribution in [-0.4, -0.2) is 9.78 Å². The Morgan fingerprint density at radius 2 is 2.20 bits per heavy atom. The standard InChI is InChI=1S/C15H14BrN3O/c16-14-5-8-20-15(14)10-17-13-4-1-3-12(9-13)11-19-7-2-6-18-19/h1-9,17H,10-11H2. The van der Waals surface area contributed by atoms with Crippen LogP contribution in [0.3, 0.4) is 0 Å². The van der Waals surface area contributed by atoms with E-state index in [0.29, 0.717) is 6.54 Å². The van der Waals surface area contributed by atoms with E-state index in [1.54, 1.807) is 12.5 Å². The number of hydrogen-bond acceptors (Lipinski definition) is 3. The first-order chi connectivity index (χ1) is 9.81. The Kier molecular flexibility index (Phi) is 3.87. The van der Waals surface area contributed by atoms with Gasteiger partial charge >= 0.3 is 0 Å². The van der Waals surface area contributed by atoms with E-state index in [-0.39, 0.29) is 0 Å². The van der Waals surface area contributed by atoms with Gasteiger partial charge in [-0.1, -0.05) is 12.1 Å². The lowest BCUT2D eigenvalue weighted by molar-refractivity contribution is 0.516. The van der Waals surface area contributed by atoms with Crippen molar-refractivity contribution in [3.05, 3.63) is 70.9 Å². The van der Waals surface area contributed by atoms with Crippen LogP contribution in [0.25, 0.3) is 0 Å². The van der Waals surface area contributed by atoms with Crippen molar-refractivity contribution in [2.45, 2.75) is 13.1 Å². The summed E-state index contributed by atoms with van der Waals surface area (Å²) < 4.78 is 8.27. The van der Waals surface area contributed by atoms with E-state index in [2.05, 4.69) is 38.5 Å². The quantitative estimate of drug-likeness (QED) is 0.771. The van der Waals surface area contributed by atoms with E-state index in [0.717, 1.165) is 22.5 Å².